The van der Waals surface area contributed by atoms with Crippen molar-refractivity contribution in [2.45, 2.75) is 10.6 Å². The Labute approximate surface area is 112 Å². The molecule has 2 nitrogen and oxygen atoms in total. The van der Waals surface area contributed by atoms with Gasteiger partial charge in [-0.25, -0.2) is 4.39 Å². The van der Waals surface area contributed by atoms with Crippen molar-refractivity contribution in [2.24, 2.45) is 0 Å². The van der Waals surface area contributed by atoms with Crippen LogP contribution in [0.3, 0.4) is 0 Å². The van der Waals surface area contributed by atoms with E-state index in [0.717, 1.165) is 0 Å². The molecule has 2 aromatic carbocycles. The van der Waals surface area contributed by atoms with E-state index < -0.39 is 16.6 Å². The lowest BCUT2D eigenvalue weighted by atomic mass is 10.2. The van der Waals surface area contributed by atoms with Gasteiger partial charge in [0, 0.05) is 16.3 Å². The van der Waals surface area contributed by atoms with E-state index in [1.54, 1.807) is 30.3 Å². The van der Waals surface area contributed by atoms with Crippen molar-refractivity contribution < 1.29 is 8.60 Å². The van der Waals surface area contributed by atoms with Crippen molar-refractivity contribution in [1.29, 1.82) is 0 Å². The Morgan fingerprint density at radius 3 is 2.56 bits per heavy atom. The summed E-state index contributed by atoms with van der Waals surface area (Å²) in [6.07, 6.45) is 0. The zero-order valence-corrected chi connectivity index (χ0v) is 11.0. The third-order valence-corrected chi connectivity index (χ3v) is 4.24. The highest BCUT2D eigenvalue weighted by Gasteiger charge is 2.13. The van der Waals surface area contributed by atoms with Crippen molar-refractivity contribution >= 4 is 28.1 Å². The molecule has 0 spiro atoms. The van der Waals surface area contributed by atoms with Crippen molar-refractivity contribution in [1.82, 2.24) is 0 Å². The summed E-state index contributed by atoms with van der Waals surface area (Å²) in [4.78, 5) is 0.164. The summed E-state index contributed by atoms with van der Waals surface area (Å²) < 4.78 is 25.6. The quantitative estimate of drug-likeness (QED) is 0.878. The minimum atomic E-state index is -1.51. The van der Waals surface area contributed by atoms with Crippen molar-refractivity contribution in [3.05, 3.63) is 58.9 Å². The first-order chi connectivity index (χ1) is 8.59. The molecule has 2 N–H and O–H groups in total. The second-order valence-electron chi connectivity index (χ2n) is 3.73. The number of hydrogen-bond acceptors (Lipinski definition) is 2. The Balaban J connectivity index is 2.30. The zero-order chi connectivity index (χ0) is 13.1. The summed E-state index contributed by atoms with van der Waals surface area (Å²) in [6.45, 7) is 0. The van der Waals surface area contributed by atoms with E-state index in [1.807, 2.05) is 0 Å². The van der Waals surface area contributed by atoms with E-state index in [4.69, 9.17) is 17.3 Å². The minimum absolute atomic E-state index is 0.104. The number of hydrogen-bond donors (Lipinski definition) is 1. The first-order valence-electron chi connectivity index (χ1n) is 5.25. The van der Waals surface area contributed by atoms with Crippen LogP contribution in [-0.2, 0) is 16.6 Å². The maximum absolute atomic E-state index is 13.5. The summed E-state index contributed by atoms with van der Waals surface area (Å²) in [5.74, 6) is -0.381. The molecule has 2 rings (SSSR count). The molecule has 1 unspecified atom stereocenters. The maximum Gasteiger partial charge on any atom is 0.139 e. The number of halogens is 2. The zero-order valence-electron chi connectivity index (χ0n) is 9.40. The molecular weight excluding hydrogens is 273 g/mol. The molecule has 1 atom stereocenters. The lowest BCUT2D eigenvalue weighted by Gasteiger charge is -2.08. The summed E-state index contributed by atoms with van der Waals surface area (Å²) >= 11 is 5.99. The molecule has 0 saturated heterocycles. The SMILES string of the molecule is Nc1cccc(Cl)c1CS(=O)c1ccccc1F. The van der Waals surface area contributed by atoms with Gasteiger partial charge in [-0.3, -0.25) is 4.21 Å². The fourth-order valence-electron chi connectivity index (χ4n) is 1.57. The van der Waals surface area contributed by atoms with Gasteiger partial charge in [-0.05, 0) is 24.3 Å². The van der Waals surface area contributed by atoms with Crippen LogP contribution < -0.4 is 5.73 Å². The molecule has 0 amide bonds. The van der Waals surface area contributed by atoms with Gasteiger partial charge in [0.05, 0.1) is 21.4 Å². The lowest BCUT2D eigenvalue weighted by molar-refractivity contribution is 0.595. The van der Waals surface area contributed by atoms with Gasteiger partial charge >= 0.3 is 0 Å². The molecule has 0 aliphatic heterocycles. The van der Waals surface area contributed by atoms with E-state index in [0.29, 0.717) is 16.3 Å². The van der Waals surface area contributed by atoms with Gasteiger partial charge < -0.3 is 5.73 Å². The topological polar surface area (TPSA) is 43.1 Å². The summed E-state index contributed by atoms with van der Waals surface area (Å²) in [5, 5.41) is 0.444. The molecule has 0 heterocycles. The van der Waals surface area contributed by atoms with Crippen LogP contribution >= 0.6 is 11.6 Å². The molecule has 0 aromatic heterocycles. The Bertz CT molecular complexity index is 583. The van der Waals surface area contributed by atoms with Crippen molar-refractivity contribution in [3.8, 4) is 0 Å². The van der Waals surface area contributed by atoms with Crippen LogP contribution in [0.1, 0.15) is 5.56 Å². The summed E-state index contributed by atoms with van der Waals surface area (Å²) in [5.41, 5.74) is 6.82. The first kappa shape index (κ1) is 13.1. The normalized spacial score (nSPS) is 12.3. The third kappa shape index (κ3) is 2.71. The van der Waals surface area contributed by atoms with Gasteiger partial charge in [0.25, 0.3) is 0 Å². The molecule has 94 valence electrons. The Hall–Kier alpha value is -1.39. The molecule has 0 radical (unpaired) electrons. The molecule has 5 heteroatoms. The second-order valence-corrected chi connectivity index (χ2v) is 5.55. The van der Waals surface area contributed by atoms with Crippen LogP contribution in [0.5, 0.6) is 0 Å². The fourth-order valence-corrected chi connectivity index (χ4v) is 3.15. The highest BCUT2D eigenvalue weighted by Crippen LogP contribution is 2.25. The highest BCUT2D eigenvalue weighted by molar-refractivity contribution is 7.84. The minimum Gasteiger partial charge on any atom is -0.398 e. The monoisotopic (exact) mass is 283 g/mol. The van der Waals surface area contributed by atoms with Crippen LogP contribution in [-0.4, -0.2) is 4.21 Å². The Kier molecular flexibility index (Phi) is 3.99. The molecule has 0 fully saturated rings. The van der Waals surface area contributed by atoms with E-state index in [1.165, 1.54) is 12.1 Å². The molecule has 0 bridgehead atoms. The molecular formula is C13H11ClFNOS. The van der Waals surface area contributed by atoms with Crippen LogP contribution in [0.4, 0.5) is 10.1 Å². The van der Waals surface area contributed by atoms with Gasteiger partial charge in [-0.1, -0.05) is 29.8 Å². The molecule has 2 aromatic rings. The van der Waals surface area contributed by atoms with E-state index >= 15 is 0 Å². The smallest absolute Gasteiger partial charge is 0.139 e. The summed E-state index contributed by atoms with van der Waals surface area (Å²) in [6, 6.07) is 11.0. The van der Waals surface area contributed by atoms with Crippen LogP contribution in [0.25, 0.3) is 0 Å². The fraction of sp³-hybridized carbons (Fsp3) is 0.0769. The predicted octanol–water partition coefficient (Wildman–Crippen LogP) is 3.37. The number of benzene rings is 2. The first-order valence-corrected chi connectivity index (χ1v) is 6.95. The standard InChI is InChI=1S/C13H11ClFNOS/c14-10-4-3-6-12(16)9(10)8-18(17)13-7-2-1-5-11(13)15/h1-7H,8,16H2. The van der Waals surface area contributed by atoms with Gasteiger partial charge in [0.2, 0.25) is 0 Å². The average molecular weight is 284 g/mol. The predicted molar refractivity (Wildman–Crippen MR) is 72.4 cm³/mol. The Morgan fingerprint density at radius 1 is 1.17 bits per heavy atom. The molecule has 0 saturated carbocycles. The van der Waals surface area contributed by atoms with Crippen molar-refractivity contribution in [2.75, 3.05) is 5.73 Å². The number of nitrogens with two attached hydrogens (primary N) is 1. The van der Waals surface area contributed by atoms with Crippen LogP contribution in [0, 0.1) is 5.82 Å². The largest absolute Gasteiger partial charge is 0.398 e. The van der Waals surface area contributed by atoms with Gasteiger partial charge in [0.15, 0.2) is 0 Å². The van der Waals surface area contributed by atoms with E-state index in [2.05, 4.69) is 0 Å². The van der Waals surface area contributed by atoms with Crippen molar-refractivity contribution in [3.63, 3.8) is 0 Å². The Morgan fingerprint density at radius 2 is 1.89 bits per heavy atom. The van der Waals surface area contributed by atoms with Gasteiger partial charge in [-0.2, -0.15) is 0 Å². The highest BCUT2D eigenvalue weighted by atomic mass is 35.5. The number of rotatable bonds is 3. The number of anilines is 1. The van der Waals surface area contributed by atoms with E-state index in [9.17, 15) is 8.60 Å². The van der Waals surface area contributed by atoms with E-state index in [-0.39, 0.29) is 10.6 Å². The third-order valence-electron chi connectivity index (χ3n) is 2.51. The average Bonchev–Trinajstić information content (AvgIpc) is 2.34. The van der Waals surface area contributed by atoms with Gasteiger partial charge in [0.1, 0.15) is 5.82 Å². The van der Waals surface area contributed by atoms with Gasteiger partial charge in [-0.15, -0.1) is 0 Å². The second kappa shape index (κ2) is 5.50. The van der Waals surface area contributed by atoms with Crippen LogP contribution in [0.2, 0.25) is 5.02 Å². The molecule has 18 heavy (non-hydrogen) atoms. The van der Waals surface area contributed by atoms with Crippen LogP contribution in [0.15, 0.2) is 47.4 Å². The maximum atomic E-state index is 13.5. The molecule has 0 aliphatic rings. The lowest BCUT2D eigenvalue weighted by Crippen LogP contribution is -2.02. The summed E-state index contributed by atoms with van der Waals surface area (Å²) in [7, 11) is -1.51. The molecule has 0 aliphatic carbocycles. The number of nitrogen functional groups attached to an aromatic ring is 1.